The van der Waals surface area contributed by atoms with Crippen LogP contribution in [0.3, 0.4) is 0 Å². The highest BCUT2D eigenvalue weighted by Crippen LogP contribution is 2.34. The third kappa shape index (κ3) is 5.69. The average molecular weight is 473 g/mol. The third-order valence-corrected chi connectivity index (χ3v) is 5.16. The Labute approximate surface area is 204 Å². The van der Waals surface area contributed by atoms with Crippen LogP contribution in [-0.2, 0) is 16.0 Å². The van der Waals surface area contributed by atoms with Gasteiger partial charge in [0.05, 0.1) is 12.7 Å². The van der Waals surface area contributed by atoms with E-state index in [9.17, 15) is 4.79 Å². The Morgan fingerprint density at radius 2 is 1.94 bits per heavy atom. The van der Waals surface area contributed by atoms with Crippen molar-refractivity contribution in [2.24, 2.45) is 0 Å². The van der Waals surface area contributed by atoms with Gasteiger partial charge in [-0.1, -0.05) is 17.3 Å². The number of ether oxygens (including phenoxy) is 2. The SMILES string of the molecule is [C-]#[N+]c1cc(-c2nc(-c3ccc4c(CCC(=O)OC(C)(C)C)c[nH]c4c3)no2)ccc1OC(C)C. The molecule has 4 aromatic rings. The van der Waals surface area contributed by atoms with Crippen LogP contribution in [0.1, 0.15) is 46.6 Å². The highest BCUT2D eigenvalue weighted by molar-refractivity contribution is 5.87. The van der Waals surface area contributed by atoms with Crippen LogP contribution in [0.15, 0.2) is 47.1 Å². The first-order chi connectivity index (χ1) is 16.6. The molecule has 0 aliphatic rings. The van der Waals surface area contributed by atoms with Crippen molar-refractivity contribution in [3.05, 3.63) is 59.6 Å². The molecular weight excluding hydrogens is 444 g/mol. The van der Waals surface area contributed by atoms with Gasteiger partial charge in [-0.25, -0.2) is 4.85 Å². The minimum absolute atomic E-state index is 0.0305. The zero-order valence-corrected chi connectivity index (χ0v) is 20.5. The monoisotopic (exact) mass is 472 g/mol. The molecule has 0 radical (unpaired) electrons. The molecule has 0 bridgehead atoms. The number of H-pyrrole nitrogens is 1. The van der Waals surface area contributed by atoms with Gasteiger partial charge >= 0.3 is 5.97 Å². The van der Waals surface area contributed by atoms with Crippen molar-refractivity contribution in [3.63, 3.8) is 0 Å². The van der Waals surface area contributed by atoms with Crippen molar-refractivity contribution in [1.29, 1.82) is 0 Å². The van der Waals surface area contributed by atoms with E-state index in [1.54, 1.807) is 18.2 Å². The molecule has 0 amide bonds. The number of esters is 1. The molecule has 180 valence electrons. The summed E-state index contributed by atoms with van der Waals surface area (Å²) in [4.78, 5) is 23.4. The summed E-state index contributed by atoms with van der Waals surface area (Å²) < 4.78 is 16.6. The second kappa shape index (κ2) is 9.63. The summed E-state index contributed by atoms with van der Waals surface area (Å²) in [5, 5.41) is 5.16. The lowest BCUT2D eigenvalue weighted by atomic mass is 10.1. The summed E-state index contributed by atoms with van der Waals surface area (Å²) in [5.41, 5.74) is 3.30. The summed E-state index contributed by atoms with van der Waals surface area (Å²) in [7, 11) is 0. The fourth-order valence-electron chi connectivity index (χ4n) is 3.71. The van der Waals surface area contributed by atoms with Crippen LogP contribution in [0.25, 0.3) is 38.6 Å². The maximum absolute atomic E-state index is 12.1. The standard InChI is InChI=1S/C27H28N4O4/c1-16(2)33-23-11-8-18(14-22(23)28-6)26-30-25(31-35-26)17-7-10-20-19(15-29-21(20)13-17)9-12-24(32)34-27(3,4)5/h7-8,10-11,13-16,29H,9,12H2,1-5H3. The first-order valence-corrected chi connectivity index (χ1v) is 11.5. The molecule has 8 nitrogen and oxygen atoms in total. The van der Waals surface area contributed by atoms with Gasteiger partial charge in [0.15, 0.2) is 0 Å². The van der Waals surface area contributed by atoms with E-state index in [4.69, 9.17) is 20.6 Å². The Bertz CT molecular complexity index is 1400. The zero-order chi connectivity index (χ0) is 25.2. The molecule has 0 saturated carbocycles. The number of aromatic amines is 1. The van der Waals surface area contributed by atoms with Gasteiger partial charge in [-0.2, -0.15) is 4.98 Å². The van der Waals surface area contributed by atoms with E-state index >= 15 is 0 Å². The summed E-state index contributed by atoms with van der Waals surface area (Å²) in [5.74, 6) is 1.08. The molecule has 8 heteroatoms. The van der Waals surface area contributed by atoms with E-state index in [0.29, 0.717) is 41.6 Å². The van der Waals surface area contributed by atoms with Crippen LogP contribution in [0.5, 0.6) is 5.75 Å². The Hall–Kier alpha value is -4.12. The van der Waals surface area contributed by atoms with Gasteiger partial charge in [0.25, 0.3) is 5.89 Å². The maximum Gasteiger partial charge on any atom is 0.306 e. The van der Waals surface area contributed by atoms with Crippen molar-refractivity contribution in [1.82, 2.24) is 15.1 Å². The highest BCUT2D eigenvalue weighted by Gasteiger charge is 2.18. The van der Waals surface area contributed by atoms with Gasteiger partial charge < -0.3 is 19.0 Å². The van der Waals surface area contributed by atoms with Gasteiger partial charge in [-0.05, 0) is 70.9 Å². The second-order valence-corrected chi connectivity index (χ2v) is 9.54. The minimum atomic E-state index is -0.489. The largest absolute Gasteiger partial charge is 0.502 e. The number of hydrogen-bond acceptors (Lipinski definition) is 6. The topological polar surface area (TPSA) is 94.6 Å². The van der Waals surface area contributed by atoms with E-state index in [1.807, 2.05) is 59.0 Å². The second-order valence-electron chi connectivity index (χ2n) is 9.54. The van der Waals surface area contributed by atoms with Crippen LogP contribution in [0.4, 0.5) is 5.69 Å². The van der Waals surface area contributed by atoms with Crippen LogP contribution >= 0.6 is 0 Å². The Balaban J connectivity index is 1.52. The molecule has 0 unspecified atom stereocenters. The fraction of sp³-hybridized carbons (Fsp3) is 0.333. The first kappa shape index (κ1) is 24.0. The smallest absolute Gasteiger partial charge is 0.306 e. The van der Waals surface area contributed by atoms with E-state index in [1.165, 1.54) is 0 Å². The van der Waals surface area contributed by atoms with Crippen molar-refractivity contribution < 1.29 is 18.8 Å². The van der Waals surface area contributed by atoms with E-state index < -0.39 is 5.60 Å². The number of rotatable bonds is 7. The van der Waals surface area contributed by atoms with Gasteiger partial charge in [-0.3, -0.25) is 4.79 Å². The number of aromatic nitrogens is 3. The quantitative estimate of drug-likeness (QED) is 0.244. The lowest BCUT2D eigenvalue weighted by Crippen LogP contribution is -2.23. The summed E-state index contributed by atoms with van der Waals surface area (Å²) in [6.45, 7) is 16.9. The summed E-state index contributed by atoms with van der Waals surface area (Å²) in [6, 6.07) is 11.1. The van der Waals surface area contributed by atoms with Crippen LogP contribution in [0.2, 0.25) is 0 Å². The van der Waals surface area contributed by atoms with Crippen LogP contribution < -0.4 is 4.74 Å². The zero-order valence-electron chi connectivity index (χ0n) is 20.5. The van der Waals surface area contributed by atoms with Crippen molar-refractivity contribution in [2.45, 2.75) is 59.2 Å². The molecule has 1 N–H and O–H groups in total. The predicted octanol–water partition coefficient (Wildman–Crippen LogP) is 6.50. The molecule has 0 spiro atoms. The molecule has 0 fully saturated rings. The number of hydrogen-bond donors (Lipinski definition) is 1. The molecule has 0 aliphatic heterocycles. The van der Waals surface area contributed by atoms with Gasteiger partial charge in [0.2, 0.25) is 11.5 Å². The average Bonchev–Trinajstić information content (AvgIpc) is 3.43. The molecule has 2 heterocycles. The Morgan fingerprint density at radius 3 is 2.66 bits per heavy atom. The Morgan fingerprint density at radius 1 is 1.17 bits per heavy atom. The number of carbonyl (C=O) groups is 1. The minimum Gasteiger partial charge on any atom is -0.502 e. The summed E-state index contributed by atoms with van der Waals surface area (Å²) in [6.07, 6.45) is 2.78. The normalized spacial score (nSPS) is 11.6. The van der Waals surface area contributed by atoms with E-state index in [0.717, 1.165) is 22.0 Å². The molecule has 0 atom stereocenters. The molecule has 2 aromatic heterocycles. The number of nitrogens with one attached hydrogen (secondary N) is 1. The van der Waals surface area contributed by atoms with Crippen molar-refractivity contribution in [2.75, 3.05) is 0 Å². The highest BCUT2D eigenvalue weighted by atomic mass is 16.6. The van der Waals surface area contributed by atoms with E-state index in [-0.39, 0.29) is 12.1 Å². The van der Waals surface area contributed by atoms with E-state index in [2.05, 4.69) is 20.0 Å². The molecule has 4 rings (SSSR count). The van der Waals surface area contributed by atoms with Gasteiger partial charge in [-0.15, -0.1) is 0 Å². The van der Waals surface area contributed by atoms with Crippen molar-refractivity contribution >= 4 is 22.6 Å². The molecule has 2 aromatic carbocycles. The van der Waals surface area contributed by atoms with Crippen LogP contribution in [0, 0.1) is 6.57 Å². The Kier molecular flexibility index (Phi) is 6.61. The lowest BCUT2D eigenvalue weighted by Gasteiger charge is -2.19. The van der Waals surface area contributed by atoms with Gasteiger partial charge in [0, 0.05) is 34.6 Å². The maximum atomic E-state index is 12.1. The first-order valence-electron chi connectivity index (χ1n) is 11.5. The summed E-state index contributed by atoms with van der Waals surface area (Å²) >= 11 is 0. The number of nitrogens with zero attached hydrogens (tertiary/aromatic N) is 3. The van der Waals surface area contributed by atoms with Crippen LogP contribution in [-0.4, -0.2) is 32.8 Å². The number of fused-ring (bicyclic) bond motifs is 1. The molecule has 0 saturated heterocycles. The van der Waals surface area contributed by atoms with Crippen molar-refractivity contribution in [3.8, 4) is 28.6 Å². The molecule has 35 heavy (non-hydrogen) atoms. The predicted molar refractivity (Wildman–Crippen MR) is 133 cm³/mol. The molecular formula is C27H28N4O4. The molecule has 0 aliphatic carbocycles. The fourth-order valence-corrected chi connectivity index (χ4v) is 3.71. The number of aryl methyl sites for hydroxylation is 1. The van der Waals surface area contributed by atoms with Gasteiger partial charge in [0.1, 0.15) is 11.4 Å². The number of carbonyl (C=O) groups excluding carboxylic acids is 1. The third-order valence-electron chi connectivity index (χ3n) is 5.16. The lowest BCUT2D eigenvalue weighted by molar-refractivity contribution is -0.154. The number of benzene rings is 2.